The molecule has 0 amide bonds. The number of aromatic nitrogens is 4. The summed E-state index contributed by atoms with van der Waals surface area (Å²) in [5, 5.41) is 11.6. The molecule has 0 aliphatic carbocycles. The van der Waals surface area contributed by atoms with E-state index in [4.69, 9.17) is 5.26 Å². The fourth-order valence-electron chi connectivity index (χ4n) is 1.78. The molecule has 8 heteroatoms. The topological polar surface area (TPSA) is 95.0 Å². The van der Waals surface area contributed by atoms with Crippen molar-refractivity contribution in [2.45, 2.75) is 20.9 Å². The van der Waals surface area contributed by atoms with Crippen molar-refractivity contribution < 1.29 is 0 Å². The molecule has 0 unspecified atom stereocenters. The van der Waals surface area contributed by atoms with E-state index < -0.39 is 0 Å². The van der Waals surface area contributed by atoms with Crippen molar-refractivity contribution in [1.82, 2.24) is 24.4 Å². The third-order valence-corrected chi connectivity index (χ3v) is 2.99. The fourth-order valence-corrected chi connectivity index (χ4v) is 1.78. The second kappa shape index (κ2) is 6.65. The van der Waals surface area contributed by atoms with Gasteiger partial charge in [0.25, 0.3) is 0 Å². The minimum Gasteiger partial charge on any atom is -0.371 e. The smallest absolute Gasteiger partial charge is 0.207 e. The zero-order valence-corrected chi connectivity index (χ0v) is 11.9. The van der Waals surface area contributed by atoms with E-state index in [9.17, 15) is 0 Å². The summed E-state index contributed by atoms with van der Waals surface area (Å²) >= 11 is 0. The highest BCUT2D eigenvalue weighted by atomic mass is 15.2. The van der Waals surface area contributed by atoms with Crippen LogP contribution in [0.1, 0.15) is 20.2 Å². The monoisotopic (exact) mass is 288 g/mol. The number of aliphatic imine (C=N–C) groups is 1. The van der Waals surface area contributed by atoms with Crippen LogP contribution in [0.4, 0.5) is 5.82 Å². The minimum absolute atomic E-state index is 0. The van der Waals surface area contributed by atoms with Crippen molar-refractivity contribution in [2.75, 3.05) is 19.4 Å². The van der Waals surface area contributed by atoms with Gasteiger partial charge in [-0.15, -0.1) is 0 Å². The zero-order chi connectivity index (χ0) is 14.7. The Bertz CT molecular complexity index is 694. The Hall–Kier alpha value is -2.69. The van der Waals surface area contributed by atoms with Gasteiger partial charge in [0, 0.05) is 21.1 Å². The van der Waals surface area contributed by atoms with Crippen LogP contribution in [0.15, 0.2) is 11.3 Å². The molecule has 0 aliphatic heterocycles. The maximum atomic E-state index is 8.57. The Morgan fingerprint density at radius 3 is 2.86 bits per heavy atom. The van der Waals surface area contributed by atoms with Gasteiger partial charge in [0.2, 0.25) is 6.19 Å². The molecule has 2 aromatic rings. The van der Waals surface area contributed by atoms with Crippen LogP contribution in [0.2, 0.25) is 0 Å². The maximum absolute atomic E-state index is 8.57. The molecule has 2 rings (SSSR count). The number of hydrogen-bond donors (Lipinski definition) is 1. The van der Waals surface area contributed by atoms with E-state index >= 15 is 0 Å². The standard InChI is InChI=1S/C12H16N8.CH4/c1-8(15-6-13)19(3)5-9-17-11(14-2)10-12(18-9)20(4)7-16-10;/h7H,5H2,1-4H3,(H,14,17,18);1H4. The van der Waals surface area contributed by atoms with Crippen molar-refractivity contribution >= 4 is 22.8 Å². The lowest BCUT2D eigenvalue weighted by molar-refractivity contribution is 0.481. The first-order chi connectivity index (χ1) is 9.56. The van der Waals surface area contributed by atoms with E-state index in [1.165, 1.54) is 0 Å². The molecule has 2 heterocycles. The van der Waals surface area contributed by atoms with Gasteiger partial charge in [-0.05, 0) is 6.92 Å². The average molecular weight is 288 g/mol. The molecule has 8 nitrogen and oxygen atoms in total. The average Bonchev–Trinajstić information content (AvgIpc) is 2.80. The van der Waals surface area contributed by atoms with Crippen molar-refractivity contribution in [3.63, 3.8) is 0 Å². The first kappa shape index (κ1) is 16.4. The molecule has 0 atom stereocenters. The Morgan fingerprint density at radius 1 is 1.52 bits per heavy atom. The number of hydrogen-bond acceptors (Lipinski definition) is 6. The van der Waals surface area contributed by atoms with Crippen LogP contribution in [0.5, 0.6) is 0 Å². The molecular formula is C13H20N8. The zero-order valence-electron chi connectivity index (χ0n) is 11.9. The molecule has 0 saturated carbocycles. The molecule has 0 fully saturated rings. The Balaban J connectivity index is 0.00000220. The molecule has 0 radical (unpaired) electrons. The van der Waals surface area contributed by atoms with Crippen molar-refractivity contribution in [2.24, 2.45) is 12.0 Å². The van der Waals surface area contributed by atoms with E-state index in [0.717, 1.165) is 11.2 Å². The summed E-state index contributed by atoms with van der Waals surface area (Å²) in [6.07, 6.45) is 3.47. The first-order valence-electron chi connectivity index (χ1n) is 6.07. The van der Waals surface area contributed by atoms with E-state index in [0.29, 0.717) is 24.0 Å². The first-order valence-corrected chi connectivity index (χ1v) is 6.07. The van der Waals surface area contributed by atoms with Gasteiger partial charge in [-0.25, -0.2) is 15.0 Å². The lowest BCUT2D eigenvalue weighted by Gasteiger charge is -2.16. The third-order valence-electron chi connectivity index (χ3n) is 2.99. The van der Waals surface area contributed by atoms with Crippen LogP contribution in [0.3, 0.4) is 0 Å². The van der Waals surface area contributed by atoms with Crippen LogP contribution >= 0.6 is 0 Å². The van der Waals surface area contributed by atoms with Gasteiger partial charge in [0.05, 0.1) is 12.9 Å². The molecule has 0 spiro atoms. The number of anilines is 1. The van der Waals surface area contributed by atoms with Crippen molar-refractivity contribution in [1.29, 1.82) is 5.26 Å². The SMILES string of the molecule is C.CNc1nc(CN(C)C(C)=NC#N)nc2c1ncn2C. The molecule has 2 aromatic heterocycles. The molecule has 0 saturated heterocycles. The largest absolute Gasteiger partial charge is 0.371 e. The van der Waals surface area contributed by atoms with Gasteiger partial charge in [0.1, 0.15) is 11.4 Å². The Morgan fingerprint density at radius 2 is 2.24 bits per heavy atom. The van der Waals surface area contributed by atoms with E-state index in [-0.39, 0.29) is 7.43 Å². The number of rotatable bonds is 3. The summed E-state index contributed by atoms with van der Waals surface area (Å²) < 4.78 is 1.84. The number of nitriles is 1. The van der Waals surface area contributed by atoms with Crippen LogP contribution in [0.25, 0.3) is 11.2 Å². The highest BCUT2D eigenvalue weighted by Gasteiger charge is 2.12. The van der Waals surface area contributed by atoms with E-state index in [1.807, 2.05) is 23.6 Å². The predicted molar refractivity (Wildman–Crippen MR) is 82.8 cm³/mol. The van der Waals surface area contributed by atoms with Crippen LogP contribution < -0.4 is 5.32 Å². The summed E-state index contributed by atoms with van der Waals surface area (Å²) in [6.45, 7) is 2.23. The summed E-state index contributed by atoms with van der Waals surface area (Å²) in [5.74, 6) is 1.95. The molecule has 1 N–H and O–H groups in total. The number of nitrogens with one attached hydrogen (secondary N) is 1. The lowest BCUT2D eigenvalue weighted by Crippen LogP contribution is -2.24. The van der Waals surface area contributed by atoms with Gasteiger partial charge in [-0.2, -0.15) is 10.3 Å². The van der Waals surface area contributed by atoms with Crippen LogP contribution in [-0.4, -0.2) is 44.3 Å². The highest BCUT2D eigenvalue weighted by Crippen LogP contribution is 2.18. The molecular weight excluding hydrogens is 268 g/mol. The van der Waals surface area contributed by atoms with Crippen LogP contribution in [0, 0.1) is 11.5 Å². The fraction of sp³-hybridized carbons (Fsp3) is 0.462. The van der Waals surface area contributed by atoms with E-state index in [1.54, 1.807) is 26.5 Å². The summed E-state index contributed by atoms with van der Waals surface area (Å²) in [5.41, 5.74) is 1.51. The molecule has 0 aromatic carbocycles. The van der Waals surface area contributed by atoms with E-state index in [2.05, 4.69) is 25.3 Å². The van der Waals surface area contributed by atoms with Gasteiger partial charge in [0.15, 0.2) is 17.3 Å². The van der Waals surface area contributed by atoms with Crippen molar-refractivity contribution in [3.8, 4) is 6.19 Å². The van der Waals surface area contributed by atoms with Gasteiger partial charge in [-0.3, -0.25) is 0 Å². The third kappa shape index (κ3) is 3.25. The minimum atomic E-state index is 0. The number of nitrogens with zero attached hydrogens (tertiary/aromatic N) is 7. The summed E-state index contributed by atoms with van der Waals surface area (Å²) in [4.78, 5) is 18.7. The Labute approximate surface area is 124 Å². The second-order valence-corrected chi connectivity index (χ2v) is 4.38. The molecule has 0 aliphatic rings. The van der Waals surface area contributed by atoms with Gasteiger partial charge >= 0.3 is 0 Å². The normalized spacial score (nSPS) is 10.9. The van der Waals surface area contributed by atoms with Crippen molar-refractivity contribution in [3.05, 3.63) is 12.2 Å². The summed E-state index contributed by atoms with van der Waals surface area (Å²) in [6, 6.07) is 0. The quantitative estimate of drug-likeness (QED) is 0.520. The lowest BCUT2D eigenvalue weighted by atomic mass is 10.4. The number of amidine groups is 1. The maximum Gasteiger partial charge on any atom is 0.207 e. The molecule has 21 heavy (non-hydrogen) atoms. The number of fused-ring (bicyclic) bond motifs is 1. The number of aryl methyl sites for hydroxylation is 1. The number of imidazole rings is 1. The highest BCUT2D eigenvalue weighted by molar-refractivity contribution is 5.83. The Kier molecular flexibility index (Phi) is 5.18. The second-order valence-electron chi connectivity index (χ2n) is 4.38. The molecule has 112 valence electrons. The van der Waals surface area contributed by atoms with Gasteiger partial charge in [-0.1, -0.05) is 7.43 Å². The predicted octanol–water partition coefficient (Wildman–Crippen LogP) is 1.37. The van der Waals surface area contributed by atoms with Crippen LogP contribution in [-0.2, 0) is 13.6 Å². The molecule has 0 bridgehead atoms. The van der Waals surface area contributed by atoms with Gasteiger partial charge < -0.3 is 14.8 Å². The summed E-state index contributed by atoms with van der Waals surface area (Å²) in [7, 11) is 5.52.